The minimum atomic E-state index is 0.0897. The highest BCUT2D eigenvalue weighted by atomic mass is 32.1. The van der Waals surface area contributed by atoms with Gasteiger partial charge in [0.25, 0.3) is 0 Å². The maximum atomic E-state index is 12.5. The number of hydrogen-bond acceptors (Lipinski definition) is 5. The predicted octanol–water partition coefficient (Wildman–Crippen LogP) is 4.73. The molecule has 0 radical (unpaired) electrons. The second-order valence-corrected chi connectivity index (χ2v) is 8.15. The van der Waals surface area contributed by atoms with Crippen molar-refractivity contribution in [3.05, 3.63) is 52.7 Å². The van der Waals surface area contributed by atoms with Gasteiger partial charge in [0.2, 0.25) is 5.91 Å². The van der Waals surface area contributed by atoms with Crippen molar-refractivity contribution < 1.29 is 9.21 Å². The molecular weight excluding hydrogens is 384 g/mol. The van der Waals surface area contributed by atoms with Gasteiger partial charge in [-0.1, -0.05) is 12.1 Å². The van der Waals surface area contributed by atoms with Gasteiger partial charge in [0.05, 0.1) is 12.1 Å². The minimum absolute atomic E-state index is 0.0897. The van der Waals surface area contributed by atoms with Crippen molar-refractivity contribution in [2.24, 2.45) is 11.8 Å². The summed E-state index contributed by atoms with van der Waals surface area (Å²) >= 11 is 5.25. The monoisotopic (exact) mass is 410 g/mol. The molecule has 29 heavy (non-hydrogen) atoms. The summed E-state index contributed by atoms with van der Waals surface area (Å²) in [7, 11) is 0. The summed E-state index contributed by atoms with van der Waals surface area (Å²) in [6.07, 6.45) is 3.89. The molecule has 4 rings (SSSR count). The number of para-hydroxylation sites is 1. The van der Waals surface area contributed by atoms with Gasteiger partial charge in [-0.25, -0.2) is 4.98 Å². The van der Waals surface area contributed by atoms with Gasteiger partial charge in [0.1, 0.15) is 17.3 Å². The van der Waals surface area contributed by atoms with Crippen LogP contribution >= 0.6 is 12.2 Å². The standard InChI is InChI=1S/C22H26N4O2S/c1-14-6-11-17(28-14)13-24-21(27)16-9-7-15(8-10-16)12-23-20-18-4-2-3-5-19(18)25-22(29)26-20/h2-6,11,15-16H,7-10,12-13H2,1H3,(H,24,27)(H2,23,25,26,29). The van der Waals surface area contributed by atoms with Gasteiger partial charge in [0.15, 0.2) is 4.77 Å². The summed E-state index contributed by atoms with van der Waals surface area (Å²) in [5.41, 5.74) is 0.988. The number of H-pyrrole nitrogens is 1. The zero-order valence-corrected chi connectivity index (χ0v) is 17.3. The quantitative estimate of drug-likeness (QED) is 0.512. The summed E-state index contributed by atoms with van der Waals surface area (Å²) in [4.78, 5) is 20.0. The Morgan fingerprint density at radius 2 is 2.00 bits per heavy atom. The van der Waals surface area contributed by atoms with E-state index in [0.717, 1.165) is 60.5 Å². The van der Waals surface area contributed by atoms with Gasteiger partial charge in [-0.3, -0.25) is 4.79 Å². The molecule has 1 aromatic carbocycles. The van der Waals surface area contributed by atoms with E-state index in [9.17, 15) is 4.79 Å². The molecule has 1 fully saturated rings. The normalized spacial score (nSPS) is 19.2. The summed E-state index contributed by atoms with van der Waals surface area (Å²) < 4.78 is 6.00. The lowest BCUT2D eigenvalue weighted by Gasteiger charge is -2.28. The summed E-state index contributed by atoms with van der Waals surface area (Å²) in [5.74, 6) is 3.25. The van der Waals surface area contributed by atoms with Crippen LogP contribution < -0.4 is 10.6 Å². The third-order valence-electron chi connectivity index (χ3n) is 5.65. The SMILES string of the molecule is Cc1ccc(CNC(=O)C2CCC(CNc3nc(=S)[nH]c4ccccc34)CC2)o1. The third kappa shape index (κ3) is 4.85. The molecule has 152 valence electrons. The zero-order valence-electron chi connectivity index (χ0n) is 16.5. The highest BCUT2D eigenvalue weighted by Crippen LogP contribution is 2.30. The van der Waals surface area contributed by atoms with Crippen LogP contribution in [0.2, 0.25) is 0 Å². The Balaban J connectivity index is 1.27. The number of aromatic nitrogens is 2. The Bertz CT molecular complexity index is 1050. The van der Waals surface area contributed by atoms with Crippen LogP contribution in [0.25, 0.3) is 10.9 Å². The van der Waals surface area contributed by atoms with Crippen molar-refractivity contribution in [2.75, 3.05) is 11.9 Å². The molecular formula is C22H26N4O2S. The number of aromatic amines is 1. The van der Waals surface area contributed by atoms with E-state index in [-0.39, 0.29) is 11.8 Å². The Labute approximate surface area is 175 Å². The number of aryl methyl sites for hydroxylation is 1. The molecule has 0 bridgehead atoms. The van der Waals surface area contributed by atoms with Crippen molar-refractivity contribution in [3.63, 3.8) is 0 Å². The molecule has 0 unspecified atom stereocenters. The number of carbonyl (C=O) groups excluding carboxylic acids is 1. The van der Waals surface area contributed by atoms with E-state index in [1.807, 2.05) is 43.3 Å². The maximum absolute atomic E-state index is 12.5. The molecule has 0 aliphatic heterocycles. The largest absolute Gasteiger partial charge is 0.465 e. The highest BCUT2D eigenvalue weighted by molar-refractivity contribution is 7.71. The van der Waals surface area contributed by atoms with E-state index in [4.69, 9.17) is 16.6 Å². The van der Waals surface area contributed by atoms with Crippen molar-refractivity contribution in [3.8, 4) is 0 Å². The van der Waals surface area contributed by atoms with Crippen LogP contribution in [0.5, 0.6) is 0 Å². The van der Waals surface area contributed by atoms with Crippen LogP contribution in [0.4, 0.5) is 5.82 Å². The molecule has 0 spiro atoms. The molecule has 0 atom stereocenters. The number of fused-ring (bicyclic) bond motifs is 1. The van der Waals surface area contributed by atoms with Gasteiger partial charge in [-0.05, 0) is 75.0 Å². The van der Waals surface area contributed by atoms with Crippen LogP contribution in [0.1, 0.15) is 37.2 Å². The van der Waals surface area contributed by atoms with E-state index in [1.165, 1.54) is 0 Å². The molecule has 1 aliphatic carbocycles. The Hall–Kier alpha value is -2.67. The molecule has 1 aliphatic rings. The van der Waals surface area contributed by atoms with Crippen LogP contribution in [0, 0.1) is 23.5 Å². The van der Waals surface area contributed by atoms with Gasteiger partial charge < -0.3 is 20.0 Å². The number of nitrogens with zero attached hydrogens (tertiary/aromatic N) is 1. The summed E-state index contributed by atoms with van der Waals surface area (Å²) in [6.45, 7) is 3.21. The number of amides is 1. The third-order valence-corrected chi connectivity index (χ3v) is 5.84. The smallest absolute Gasteiger partial charge is 0.223 e. The van der Waals surface area contributed by atoms with Gasteiger partial charge >= 0.3 is 0 Å². The van der Waals surface area contributed by atoms with Gasteiger partial charge in [0, 0.05) is 17.8 Å². The number of hydrogen-bond donors (Lipinski definition) is 3. The predicted molar refractivity (Wildman–Crippen MR) is 116 cm³/mol. The molecule has 2 heterocycles. The average Bonchev–Trinajstić information content (AvgIpc) is 3.15. The van der Waals surface area contributed by atoms with Crippen LogP contribution in [0.3, 0.4) is 0 Å². The topological polar surface area (TPSA) is 83.0 Å². The molecule has 0 saturated heterocycles. The zero-order chi connectivity index (χ0) is 20.2. The number of furan rings is 1. The number of benzene rings is 1. The molecule has 2 aromatic heterocycles. The van der Waals surface area contributed by atoms with Crippen LogP contribution in [0.15, 0.2) is 40.8 Å². The molecule has 1 saturated carbocycles. The van der Waals surface area contributed by atoms with E-state index < -0.39 is 0 Å². The molecule has 7 heteroatoms. The fourth-order valence-corrected chi connectivity index (χ4v) is 4.21. The fourth-order valence-electron chi connectivity index (χ4n) is 4.01. The van der Waals surface area contributed by atoms with E-state index in [1.54, 1.807) is 0 Å². The fraction of sp³-hybridized carbons (Fsp3) is 0.409. The molecule has 6 nitrogen and oxygen atoms in total. The number of anilines is 1. The first kappa shape index (κ1) is 19.6. The first-order valence-electron chi connectivity index (χ1n) is 10.1. The van der Waals surface area contributed by atoms with Gasteiger partial charge in [-0.15, -0.1) is 0 Å². The first-order chi connectivity index (χ1) is 14.1. The number of nitrogens with one attached hydrogen (secondary N) is 3. The van der Waals surface area contributed by atoms with Crippen LogP contribution in [-0.4, -0.2) is 22.4 Å². The number of carbonyl (C=O) groups is 1. The molecule has 1 amide bonds. The molecule has 3 N–H and O–H groups in total. The van der Waals surface area contributed by atoms with Crippen molar-refractivity contribution in [1.29, 1.82) is 0 Å². The lowest BCUT2D eigenvalue weighted by Crippen LogP contribution is -2.33. The lowest BCUT2D eigenvalue weighted by molar-refractivity contribution is -0.126. The van der Waals surface area contributed by atoms with Crippen molar-refractivity contribution in [1.82, 2.24) is 15.3 Å². The first-order valence-corrected chi connectivity index (χ1v) is 10.6. The van der Waals surface area contributed by atoms with Crippen molar-refractivity contribution in [2.45, 2.75) is 39.2 Å². The minimum Gasteiger partial charge on any atom is -0.465 e. The van der Waals surface area contributed by atoms with E-state index in [0.29, 0.717) is 17.2 Å². The summed E-state index contributed by atoms with van der Waals surface area (Å²) in [6, 6.07) is 11.9. The molecule has 3 aromatic rings. The van der Waals surface area contributed by atoms with Gasteiger partial charge in [-0.2, -0.15) is 0 Å². The van der Waals surface area contributed by atoms with E-state index >= 15 is 0 Å². The van der Waals surface area contributed by atoms with E-state index in [2.05, 4.69) is 20.6 Å². The average molecular weight is 411 g/mol. The highest BCUT2D eigenvalue weighted by Gasteiger charge is 2.26. The lowest BCUT2D eigenvalue weighted by atomic mass is 9.81. The number of rotatable bonds is 6. The van der Waals surface area contributed by atoms with Crippen LogP contribution in [-0.2, 0) is 11.3 Å². The second kappa shape index (κ2) is 8.78. The second-order valence-electron chi connectivity index (χ2n) is 7.76. The maximum Gasteiger partial charge on any atom is 0.223 e. The Kier molecular flexibility index (Phi) is 5.94. The Morgan fingerprint density at radius 1 is 1.21 bits per heavy atom. The Morgan fingerprint density at radius 3 is 2.76 bits per heavy atom. The summed E-state index contributed by atoms with van der Waals surface area (Å²) in [5, 5.41) is 7.53. The van der Waals surface area contributed by atoms with Crippen molar-refractivity contribution >= 4 is 34.8 Å².